The lowest BCUT2D eigenvalue weighted by Crippen LogP contribution is -2.28. The minimum Gasteiger partial charge on any atom is -0.332 e. The number of benzene rings is 1. The summed E-state index contributed by atoms with van der Waals surface area (Å²) >= 11 is 0. The van der Waals surface area contributed by atoms with E-state index >= 15 is 0 Å². The smallest absolute Gasteiger partial charge is 0.319 e. The number of hydrogen-bond donors (Lipinski definition) is 2. The van der Waals surface area contributed by atoms with Gasteiger partial charge in [-0.25, -0.2) is 9.18 Å². The Morgan fingerprint density at radius 2 is 1.82 bits per heavy atom. The Balaban J connectivity index is 1.47. The Bertz CT molecular complexity index is 933. The molecule has 0 spiro atoms. The van der Waals surface area contributed by atoms with Gasteiger partial charge in [-0.15, -0.1) is 0 Å². The van der Waals surface area contributed by atoms with Gasteiger partial charge in [-0.05, 0) is 55.3 Å². The minimum absolute atomic E-state index is 0.310. The van der Waals surface area contributed by atoms with Crippen molar-refractivity contribution in [2.24, 2.45) is 0 Å². The lowest BCUT2D eigenvalue weighted by Gasteiger charge is -2.14. The SMILES string of the molecule is O=C(NCc1cc(-c2ccncc2)n(C2CCCC2)n1)Nc1ccc(F)cc1. The number of carbonyl (C=O) groups excluding carboxylic acids is 1. The Labute approximate surface area is 162 Å². The summed E-state index contributed by atoms with van der Waals surface area (Å²) in [6.07, 6.45) is 8.22. The summed E-state index contributed by atoms with van der Waals surface area (Å²) in [4.78, 5) is 16.2. The predicted molar refractivity (Wildman–Crippen MR) is 105 cm³/mol. The van der Waals surface area contributed by atoms with Crippen LogP contribution in [0.2, 0.25) is 0 Å². The molecule has 1 aromatic carbocycles. The average molecular weight is 379 g/mol. The molecule has 2 heterocycles. The van der Waals surface area contributed by atoms with Crippen molar-refractivity contribution in [1.29, 1.82) is 0 Å². The fourth-order valence-corrected chi connectivity index (χ4v) is 3.58. The van der Waals surface area contributed by atoms with Crippen LogP contribution in [0.1, 0.15) is 37.4 Å². The summed E-state index contributed by atoms with van der Waals surface area (Å²) in [5.74, 6) is -0.341. The van der Waals surface area contributed by atoms with Crippen molar-refractivity contribution in [3.8, 4) is 11.3 Å². The van der Waals surface area contributed by atoms with Gasteiger partial charge in [-0.3, -0.25) is 9.67 Å². The Kier molecular flexibility index (Phi) is 5.32. The van der Waals surface area contributed by atoms with Gasteiger partial charge in [0.15, 0.2) is 0 Å². The van der Waals surface area contributed by atoms with Gasteiger partial charge in [0.1, 0.15) is 5.82 Å². The van der Waals surface area contributed by atoms with Crippen molar-refractivity contribution in [1.82, 2.24) is 20.1 Å². The third-order valence-electron chi connectivity index (χ3n) is 4.97. The Morgan fingerprint density at radius 1 is 1.11 bits per heavy atom. The number of halogens is 1. The molecule has 4 rings (SSSR count). The number of hydrogen-bond acceptors (Lipinski definition) is 3. The van der Waals surface area contributed by atoms with Crippen LogP contribution in [-0.2, 0) is 6.54 Å². The van der Waals surface area contributed by atoms with Gasteiger partial charge in [-0.1, -0.05) is 12.8 Å². The molecule has 6 nitrogen and oxygen atoms in total. The zero-order chi connectivity index (χ0) is 19.3. The number of rotatable bonds is 5. The molecule has 0 saturated heterocycles. The molecule has 1 saturated carbocycles. The number of pyridine rings is 1. The van der Waals surface area contributed by atoms with Crippen LogP contribution in [0.15, 0.2) is 54.9 Å². The molecule has 3 aromatic rings. The fourth-order valence-electron chi connectivity index (χ4n) is 3.58. The lowest BCUT2D eigenvalue weighted by molar-refractivity contribution is 0.251. The first-order valence-corrected chi connectivity index (χ1v) is 9.48. The van der Waals surface area contributed by atoms with Crippen LogP contribution < -0.4 is 10.6 Å². The van der Waals surface area contributed by atoms with Crippen molar-refractivity contribution in [3.63, 3.8) is 0 Å². The summed E-state index contributed by atoms with van der Waals surface area (Å²) in [6.45, 7) is 0.310. The average Bonchev–Trinajstić information content (AvgIpc) is 3.38. The molecule has 2 N–H and O–H groups in total. The molecular weight excluding hydrogens is 357 g/mol. The summed E-state index contributed by atoms with van der Waals surface area (Å²) in [7, 11) is 0. The maximum Gasteiger partial charge on any atom is 0.319 e. The van der Waals surface area contributed by atoms with E-state index in [1.165, 1.54) is 37.1 Å². The van der Waals surface area contributed by atoms with E-state index in [1.807, 2.05) is 18.2 Å². The fraction of sp³-hybridized carbons (Fsp3) is 0.286. The number of urea groups is 1. The molecule has 7 heteroatoms. The minimum atomic E-state index is -0.354. The third kappa shape index (κ3) is 4.19. The summed E-state index contributed by atoms with van der Waals surface area (Å²) in [5, 5.41) is 10.3. The van der Waals surface area contributed by atoms with Gasteiger partial charge in [-0.2, -0.15) is 5.10 Å². The molecule has 1 aliphatic rings. The van der Waals surface area contributed by atoms with Crippen LogP contribution in [0.5, 0.6) is 0 Å². The maximum atomic E-state index is 13.0. The molecule has 1 aliphatic carbocycles. The molecule has 0 unspecified atom stereocenters. The normalized spacial score (nSPS) is 14.2. The highest BCUT2D eigenvalue weighted by Gasteiger charge is 2.22. The van der Waals surface area contributed by atoms with E-state index in [0.29, 0.717) is 18.3 Å². The number of amides is 2. The van der Waals surface area contributed by atoms with Crippen molar-refractivity contribution >= 4 is 11.7 Å². The lowest BCUT2D eigenvalue weighted by atomic mass is 10.1. The van der Waals surface area contributed by atoms with E-state index < -0.39 is 0 Å². The van der Waals surface area contributed by atoms with Gasteiger partial charge < -0.3 is 10.6 Å². The van der Waals surface area contributed by atoms with Gasteiger partial charge in [0.05, 0.1) is 24.0 Å². The molecule has 0 bridgehead atoms. The third-order valence-corrected chi connectivity index (χ3v) is 4.97. The standard InChI is InChI=1S/C21H22FN5O/c22-16-5-7-17(8-6-16)25-21(28)24-14-18-13-20(15-9-11-23-12-10-15)27(26-18)19-3-1-2-4-19/h5-13,19H,1-4,14H2,(H2,24,25,28). The highest BCUT2D eigenvalue weighted by Crippen LogP contribution is 2.33. The Hall–Kier alpha value is -3.22. The van der Waals surface area contributed by atoms with E-state index in [0.717, 1.165) is 29.8 Å². The zero-order valence-electron chi connectivity index (χ0n) is 15.4. The second kappa shape index (κ2) is 8.21. The van der Waals surface area contributed by atoms with E-state index in [-0.39, 0.29) is 11.8 Å². The first kappa shape index (κ1) is 18.2. The van der Waals surface area contributed by atoms with Crippen LogP contribution >= 0.6 is 0 Å². The zero-order valence-corrected chi connectivity index (χ0v) is 15.4. The van der Waals surface area contributed by atoms with Gasteiger partial charge in [0, 0.05) is 23.6 Å². The molecule has 0 aliphatic heterocycles. The molecule has 28 heavy (non-hydrogen) atoms. The first-order chi connectivity index (χ1) is 13.7. The molecule has 0 radical (unpaired) electrons. The predicted octanol–water partition coefficient (Wildman–Crippen LogP) is 4.52. The molecule has 1 fully saturated rings. The largest absolute Gasteiger partial charge is 0.332 e. The highest BCUT2D eigenvalue weighted by molar-refractivity contribution is 5.89. The van der Waals surface area contributed by atoms with Crippen LogP contribution in [0, 0.1) is 5.82 Å². The number of nitrogens with zero attached hydrogens (tertiary/aromatic N) is 3. The molecule has 2 amide bonds. The van der Waals surface area contributed by atoms with E-state index in [2.05, 4.69) is 20.3 Å². The van der Waals surface area contributed by atoms with E-state index in [4.69, 9.17) is 5.10 Å². The summed E-state index contributed by atoms with van der Waals surface area (Å²) < 4.78 is 15.1. The van der Waals surface area contributed by atoms with Crippen LogP contribution in [0.3, 0.4) is 0 Å². The van der Waals surface area contributed by atoms with E-state index in [1.54, 1.807) is 12.4 Å². The number of nitrogens with one attached hydrogen (secondary N) is 2. The molecule has 2 aromatic heterocycles. The van der Waals surface area contributed by atoms with Gasteiger partial charge in [0.25, 0.3) is 0 Å². The molecule has 144 valence electrons. The molecular formula is C21H22FN5O. The van der Waals surface area contributed by atoms with Crippen LogP contribution in [0.25, 0.3) is 11.3 Å². The van der Waals surface area contributed by atoms with Crippen LogP contribution in [-0.4, -0.2) is 20.8 Å². The van der Waals surface area contributed by atoms with Crippen LogP contribution in [0.4, 0.5) is 14.9 Å². The number of anilines is 1. The van der Waals surface area contributed by atoms with E-state index in [9.17, 15) is 9.18 Å². The quantitative estimate of drug-likeness (QED) is 0.685. The summed E-state index contributed by atoms with van der Waals surface area (Å²) in [6, 6.07) is 11.7. The van der Waals surface area contributed by atoms with Crippen molar-refractivity contribution in [2.45, 2.75) is 38.3 Å². The Morgan fingerprint density at radius 3 is 2.54 bits per heavy atom. The highest BCUT2D eigenvalue weighted by atomic mass is 19.1. The second-order valence-electron chi connectivity index (χ2n) is 6.95. The van der Waals surface area contributed by atoms with Crippen molar-refractivity contribution in [2.75, 3.05) is 5.32 Å². The maximum absolute atomic E-state index is 13.0. The topological polar surface area (TPSA) is 71.8 Å². The van der Waals surface area contributed by atoms with Gasteiger partial charge >= 0.3 is 6.03 Å². The summed E-state index contributed by atoms with van der Waals surface area (Å²) in [5.41, 5.74) is 3.45. The number of aromatic nitrogens is 3. The molecule has 0 atom stereocenters. The van der Waals surface area contributed by atoms with Gasteiger partial charge in [0.2, 0.25) is 0 Å². The monoisotopic (exact) mass is 379 g/mol. The number of carbonyl (C=O) groups is 1. The first-order valence-electron chi connectivity index (χ1n) is 9.48. The van der Waals surface area contributed by atoms with Crippen molar-refractivity contribution in [3.05, 3.63) is 66.4 Å². The second-order valence-corrected chi connectivity index (χ2v) is 6.95. The van der Waals surface area contributed by atoms with Crippen molar-refractivity contribution < 1.29 is 9.18 Å².